The summed E-state index contributed by atoms with van der Waals surface area (Å²) in [5.41, 5.74) is 0. The van der Waals surface area contributed by atoms with Gasteiger partial charge < -0.3 is 0 Å². The average molecular weight is 238 g/mol. The molecule has 1 heterocycles. The molecule has 0 nitrogen and oxygen atoms in total. The van der Waals surface area contributed by atoms with Crippen LogP contribution in [0.5, 0.6) is 0 Å². The topological polar surface area (TPSA) is 0 Å². The summed E-state index contributed by atoms with van der Waals surface area (Å²) in [4.78, 5) is 0. The van der Waals surface area contributed by atoms with Gasteiger partial charge in [0.1, 0.15) is 0 Å². The molecule has 0 spiro atoms. The van der Waals surface area contributed by atoms with Crippen LogP contribution in [0, 0.1) is 0 Å². The van der Waals surface area contributed by atoms with Crippen molar-refractivity contribution in [2.75, 3.05) is 0 Å². The van der Waals surface area contributed by atoms with E-state index in [4.69, 9.17) is 0 Å². The van der Waals surface area contributed by atoms with Gasteiger partial charge in [0.15, 0.2) is 0 Å². The molecule has 0 fully saturated rings. The van der Waals surface area contributed by atoms with Crippen molar-refractivity contribution in [1.82, 2.24) is 0 Å². The molecule has 0 aromatic rings. The Labute approximate surface area is 67.8 Å². The Morgan fingerprint density at radius 1 is 1.56 bits per heavy atom. The first kappa shape index (κ1) is 7.63. The van der Waals surface area contributed by atoms with Crippen LogP contribution in [0.4, 0.5) is 0 Å². The van der Waals surface area contributed by atoms with E-state index in [1.54, 1.807) is 4.47 Å². The number of hydrogen-bond donors (Lipinski definition) is 0. The summed E-state index contributed by atoms with van der Waals surface area (Å²) < 4.78 is 3.38. The number of rotatable bonds is 1. The van der Waals surface area contributed by atoms with E-state index in [0.29, 0.717) is 20.9 Å². The monoisotopic (exact) mass is 240 g/mol. The minimum atomic E-state index is 0.321. The van der Waals surface area contributed by atoms with E-state index in [1.165, 1.54) is 25.7 Å². The minimum absolute atomic E-state index is 0.321. The Morgan fingerprint density at radius 3 is 3.22 bits per heavy atom. The molecule has 0 bridgehead atoms. The van der Waals surface area contributed by atoms with E-state index in [-0.39, 0.29) is 0 Å². The predicted octanol–water partition coefficient (Wildman–Crippen LogP) is 2.59. The Kier molecular flexibility index (Phi) is 3.70. The SMILES string of the molecule is CCC1=CCCCC[Te]1. The maximum atomic E-state index is 2.50. The van der Waals surface area contributed by atoms with Gasteiger partial charge in [-0.3, -0.25) is 0 Å². The molecule has 0 aromatic heterocycles. The van der Waals surface area contributed by atoms with Gasteiger partial charge in [-0.1, -0.05) is 0 Å². The number of hydrogen-bond acceptors (Lipinski definition) is 0. The van der Waals surface area contributed by atoms with E-state index in [2.05, 4.69) is 13.0 Å². The summed E-state index contributed by atoms with van der Waals surface area (Å²) in [6.07, 6.45) is 8.15. The fourth-order valence-electron chi connectivity index (χ4n) is 1.02. The van der Waals surface area contributed by atoms with Crippen molar-refractivity contribution in [3.8, 4) is 0 Å². The van der Waals surface area contributed by atoms with Gasteiger partial charge >= 0.3 is 67.7 Å². The van der Waals surface area contributed by atoms with Gasteiger partial charge in [0.05, 0.1) is 0 Å². The molecule has 0 saturated carbocycles. The molecule has 0 aliphatic carbocycles. The van der Waals surface area contributed by atoms with Crippen molar-refractivity contribution in [3.63, 3.8) is 0 Å². The van der Waals surface area contributed by atoms with Crippen LogP contribution in [0.15, 0.2) is 9.70 Å². The molecular formula is C8H14Te. The van der Waals surface area contributed by atoms with E-state index < -0.39 is 0 Å². The van der Waals surface area contributed by atoms with Crippen molar-refractivity contribution < 1.29 is 0 Å². The standard InChI is InChI=1S/C8H14Te/c1-2-8-6-4-3-5-7-9-8/h6H,2-5,7H2,1H3. The van der Waals surface area contributed by atoms with Crippen molar-refractivity contribution in [2.45, 2.75) is 37.1 Å². The van der Waals surface area contributed by atoms with Gasteiger partial charge in [-0.15, -0.1) is 0 Å². The van der Waals surface area contributed by atoms with Crippen LogP contribution in [0.2, 0.25) is 4.47 Å². The Hall–Kier alpha value is 0.530. The zero-order chi connectivity index (χ0) is 6.53. The Morgan fingerprint density at radius 2 is 2.44 bits per heavy atom. The third-order valence-electron chi connectivity index (χ3n) is 1.61. The van der Waals surface area contributed by atoms with Crippen LogP contribution in [0.1, 0.15) is 32.6 Å². The molecular weight excluding hydrogens is 224 g/mol. The molecule has 0 N–H and O–H groups in total. The summed E-state index contributed by atoms with van der Waals surface area (Å²) in [5.74, 6) is 0. The Balaban J connectivity index is 2.37. The summed E-state index contributed by atoms with van der Waals surface area (Å²) in [7, 11) is 0. The third-order valence-corrected chi connectivity index (χ3v) is 5.37. The zero-order valence-electron chi connectivity index (χ0n) is 6.02. The average Bonchev–Trinajstić information content (AvgIpc) is 2.13. The fourth-order valence-corrected chi connectivity index (χ4v) is 4.02. The van der Waals surface area contributed by atoms with Crippen molar-refractivity contribution in [3.05, 3.63) is 9.70 Å². The van der Waals surface area contributed by atoms with E-state index in [1.807, 2.05) is 3.62 Å². The molecule has 0 radical (unpaired) electrons. The van der Waals surface area contributed by atoms with Gasteiger partial charge in [0, 0.05) is 0 Å². The molecule has 0 aromatic carbocycles. The van der Waals surface area contributed by atoms with Gasteiger partial charge in [-0.05, 0) is 0 Å². The van der Waals surface area contributed by atoms with Crippen LogP contribution in [-0.2, 0) is 0 Å². The van der Waals surface area contributed by atoms with E-state index in [0.717, 1.165) is 0 Å². The first-order chi connectivity index (χ1) is 4.43. The fraction of sp³-hybridized carbons (Fsp3) is 0.750. The molecule has 0 unspecified atom stereocenters. The van der Waals surface area contributed by atoms with Crippen LogP contribution < -0.4 is 0 Å². The summed E-state index contributed by atoms with van der Waals surface area (Å²) in [6.45, 7) is 2.29. The zero-order valence-corrected chi connectivity index (χ0v) is 8.35. The summed E-state index contributed by atoms with van der Waals surface area (Å²) >= 11 is 0.321. The van der Waals surface area contributed by atoms with Gasteiger partial charge in [0.2, 0.25) is 0 Å². The molecule has 9 heavy (non-hydrogen) atoms. The van der Waals surface area contributed by atoms with Crippen LogP contribution in [-0.4, -0.2) is 20.9 Å². The summed E-state index contributed by atoms with van der Waals surface area (Å²) in [5, 5.41) is 0. The molecule has 0 amide bonds. The van der Waals surface area contributed by atoms with Crippen molar-refractivity contribution >= 4 is 20.9 Å². The molecule has 1 aliphatic heterocycles. The normalized spacial score (nSPS) is 20.8. The number of allylic oxidation sites excluding steroid dienone is 2. The van der Waals surface area contributed by atoms with Crippen molar-refractivity contribution in [2.24, 2.45) is 0 Å². The second kappa shape index (κ2) is 4.36. The summed E-state index contributed by atoms with van der Waals surface area (Å²) in [6, 6.07) is 0. The van der Waals surface area contributed by atoms with E-state index >= 15 is 0 Å². The quantitative estimate of drug-likeness (QED) is 0.615. The maximum absolute atomic E-state index is 2.50. The first-order valence-electron chi connectivity index (χ1n) is 3.75. The molecule has 1 aliphatic rings. The van der Waals surface area contributed by atoms with Crippen molar-refractivity contribution in [1.29, 1.82) is 0 Å². The molecule has 0 saturated heterocycles. The molecule has 0 atom stereocenters. The van der Waals surface area contributed by atoms with Crippen LogP contribution in [0.25, 0.3) is 0 Å². The van der Waals surface area contributed by atoms with Crippen LogP contribution >= 0.6 is 0 Å². The second-order valence-electron chi connectivity index (χ2n) is 2.37. The van der Waals surface area contributed by atoms with Gasteiger partial charge in [-0.25, -0.2) is 0 Å². The van der Waals surface area contributed by atoms with E-state index in [9.17, 15) is 0 Å². The van der Waals surface area contributed by atoms with Crippen LogP contribution in [0.3, 0.4) is 0 Å². The Bertz CT molecular complexity index is 105. The van der Waals surface area contributed by atoms with Gasteiger partial charge in [0.25, 0.3) is 0 Å². The van der Waals surface area contributed by atoms with Gasteiger partial charge in [-0.2, -0.15) is 0 Å². The molecule has 52 valence electrons. The third kappa shape index (κ3) is 2.74. The first-order valence-corrected chi connectivity index (χ1v) is 6.56. The second-order valence-corrected chi connectivity index (χ2v) is 5.85. The molecule has 1 rings (SSSR count). The molecule has 1 heteroatoms. The predicted molar refractivity (Wildman–Crippen MR) is 42.8 cm³/mol.